The van der Waals surface area contributed by atoms with Gasteiger partial charge in [0.1, 0.15) is 5.78 Å². The van der Waals surface area contributed by atoms with E-state index in [9.17, 15) is 4.79 Å². The molecule has 0 bridgehead atoms. The molecule has 98 valence electrons. The molecule has 1 aliphatic carbocycles. The molecule has 1 aromatic carbocycles. The summed E-state index contributed by atoms with van der Waals surface area (Å²) in [6, 6.07) is 5.30. The predicted molar refractivity (Wildman–Crippen MR) is 75.1 cm³/mol. The van der Waals surface area contributed by atoms with E-state index in [1.165, 1.54) is 0 Å². The Hall–Kier alpha value is -0.570. The lowest BCUT2D eigenvalue weighted by Crippen LogP contribution is -2.38. The number of nitrogens with two attached hydrogens (primary N) is 1. The molecule has 0 radical (unpaired) electrons. The van der Waals surface area contributed by atoms with E-state index in [0.717, 1.165) is 31.2 Å². The first kappa shape index (κ1) is 13.9. The second kappa shape index (κ2) is 6.05. The lowest BCUT2D eigenvalue weighted by molar-refractivity contribution is -0.123. The number of carbonyl (C=O) groups is 1. The van der Waals surface area contributed by atoms with Gasteiger partial charge in [0.05, 0.1) is 0 Å². The Labute approximate surface area is 117 Å². The van der Waals surface area contributed by atoms with E-state index < -0.39 is 0 Å². The Morgan fingerprint density at radius 3 is 2.44 bits per heavy atom. The van der Waals surface area contributed by atoms with Crippen LogP contribution in [-0.4, -0.2) is 11.8 Å². The van der Waals surface area contributed by atoms with Crippen molar-refractivity contribution < 1.29 is 4.79 Å². The lowest BCUT2D eigenvalue weighted by atomic mass is 9.81. The molecular formula is C14H17Cl2NO. The maximum atomic E-state index is 12.3. The number of benzene rings is 1. The number of hydrogen-bond donors (Lipinski definition) is 1. The molecule has 1 fully saturated rings. The molecule has 1 aromatic rings. The number of hydrogen-bond acceptors (Lipinski definition) is 2. The lowest BCUT2D eigenvalue weighted by Gasteiger charge is -2.27. The summed E-state index contributed by atoms with van der Waals surface area (Å²) in [6.07, 6.45) is 4.32. The number of Topliss-reactive ketones (excluding diaryl/α,β-unsaturated/α-hetero) is 1. The van der Waals surface area contributed by atoms with Crippen LogP contribution in [0.1, 0.15) is 31.2 Å². The van der Waals surface area contributed by atoms with Crippen LogP contribution in [0.2, 0.25) is 10.0 Å². The molecule has 0 heterocycles. The minimum Gasteiger partial charge on any atom is -0.327 e. The molecule has 18 heavy (non-hydrogen) atoms. The van der Waals surface area contributed by atoms with E-state index in [0.29, 0.717) is 10.0 Å². The van der Waals surface area contributed by atoms with Gasteiger partial charge in [-0.15, -0.1) is 0 Å². The van der Waals surface area contributed by atoms with E-state index in [1.807, 2.05) is 0 Å². The van der Waals surface area contributed by atoms with Crippen molar-refractivity contribution in [2.24, 2.45) is 11.7 Å². The van der Waals surface area contributed by atoms with Crippen molar-refractivity contribution in [1.29, 1.82) is 0 Å². The molecule has 2 rings (SSSR count). The number of rotatable bonds is 3. The van der Waals surface area contributed by atoms with Crippen molar-refractivity contribution in [2.75, 3.05) is 0 Å². The molecule has 0 aromatic heterocycles. The summed E-state index contributed by atoms with van der Waals surface area (Å²) >= 11 is 12.2. The molecule has 0 aliphatic heterocycles. The normalized spacial score (nSPS) is 23.9. The third-order valence-corrected chi connectivity index (χ3v) is 4.35. The highest BCUT2D eigenvalue weighted by atomic mass is 35.5. The standard InChI is InChI=1S/C14H17Cl2NO/c15-11-5-3-6-12(16)10(11)8-14(18)9-4-1-2-7-13(9)17/h3,5-6,9,13H,1-2,4,7-8,17H2. The molecule has 2 nitrogen and oxygen atoms in total. The van der Waals surface area contributed by atoms with E-state index in [2.05, 4.69) is 0 Å². The summed E-state index contributed by atoms with van der Waals surface area (Å²) < 4.78 is 0. The summed E-state index contributed by atoms with van der Waals surface area (Å²) in [4.78, 5) is 12.3. The molecule has 0 amide bonds. The summed E-state index contributed by atoms with van der Waals surface area (Å²) in [5.41, 5.74) is 6.75. The van der Waals surface area contributed by atoms with Crippen molar-refractivity contribution in [3.05, 3.63) is 33.8 Å². The molecule has 0 saturated heterocycles. The minimum absolute atomic E-state index is 0.00693. The van der Waals surface area contributed by atoms with Gasteiger partial charge in [-0.3, -0.25) is 4.79 Å². The fraction of sp³-hybridized carbons (Fsp3) is 0.500. The molecule has 1 saturated carbocycles. The van der Waals surface area contributed by atoms with Gasteiger partial charge in [0.2, 0.25) is 0 Å². The van der Waals surface area contributed by atoms with Crippen molar-refractivity contribution in [2.45, 2.75) is 38.1 Å². The summed E-state index contributed by atoms with van der Waals surface area (Å²) in [7, 11) is 0. The Morgan fingerprint density at radius 2 is 1.83 bits per heavy atom. The highest BCUT2D eigenvalue weighted by Gasteiger charge is 2.28. The van der Waals surface area contributed by atoms with E-state index in [4.69, 9.17) is 28.9 Å². The quantitative estimate of drug-likeness (QED) is 0.922. The van der Waals surface area contributed by atoms with Crippen molar-refractivity contribution >= 4 is 29.0 Å². The molecule has 2 N–H and O–H groups in total. The molecule has 0 spiro atoms. The van der Waals surface area contributed by atoms with Crippen molar-refractivity contribution in [1.82, 2.24) is 0 Å². The van der Waals surface area contributed by atoms with Gasteiger partial charge in [-0.25, -0.2) is 0 Å². The smallest absolute Gasteiger partial charge is 0.141 e. The zero-order valence-corrected chi connectivity index (χ0v) is 11.7. The predicted octanol–water partition coefficient (Wildman–Crippen LogP) is 3.62. The SMILES string of the molecule is NC1CCCCC1C(=O)Cc1c(Cl)cccc1Cl. The third-order valence-electron chi connectivity index (χ3n) is 3.65. The van der Waals surface area contributed by atoms with Gasteiger partial charge in [0.15, 0.2) is 0 Å². The Bertz CT molecular complexity index is 427. The first-order valence-corrected chi connectivity index (χ1v) is 7.06. The Kier molecular flexibility index (Phi) is 4.66. The maximum absolute atomic E-state index is 12.3. The van der Waals surface area contributed by atoms with Crippen LogP contribution in [0.25, 0.3) is 0 Å². The molecule has 1 aliphatic rings. The van der Waals surface area contributed by atoms with Gasteiger partial charge in [0, 0.05) is 28.4 Å². The van der Waals surface area contributed by atoms with Crippen LogP contribution in [0.3, 0.4) is 0 Å². The molecule has 4 heteroatoms. The zero-order valence-electron chi connectivity index (χ0n) is 10.2. The van der Waals surface area contributed by atoms with Gasteiger partial charge >= 0.3 is 0 Å². The average molecular weight is 286 g/mol. The fourth-order valence-corrected chi connectivity index (χ4v) is 3.10. The summed E-state index contributed by atoms with van der Waals surface area (Å²) in [5.74, 6) is 0.128. The first-order valence-electron chi connectivity index (χ1n) is 6.31. The monoisotopic (exact) mass is 285 g/mol. The second-order valence-corrected chi connectivity index (χ2v) is 5.71. The minimum atomic E-state index is -0.0360. The van der Waals surface area contributed by atoms with E-state index in [-0.39, 0.29) is 24.2 Å². The number of ketones is 1. The molecule has 2 atom stereocenters. The Morgan fingerprint density at radius 1 is 1.22 bits per heavy atom. The zero-order chi connectivity index (χ0) is 13.1. The summed E-state index contributed by atoms with van der Waals surface area (Å²) in [6.45, 7) is 0. The highest BCUT2D eigenvalue weighted by Crippen LogP contribution is 2.29. The number of carbonyl (C=O) groups excluding carboxylic acids is 1. The van der Waals surface area contributed by atoms with E-state index in [1.54, 1.807) is 18.2 Å². The van der Waals surface area contributed by atoms with Crippen LogP contribution in [0.15, 0.2) is 18.2 Å². The average Bonchev–Trinajstić information content (AvgIpc) is 2.34. The van der Waals surface area contributed by atoms with Gasteiger partial charge < -0.3 is 5.73 Å². The maximum Gasteiger partial charge on any atom is 0.141 e. The van der Waals surface area contributed by atoms with Gasteiger partial charge in [-0.05, 0) is 30.5 Å². The second-order valence-electron chi connectivity index (χ2n) is 4.90. The van der Waals surface area contributed by atoms with Crippen LogP contribution < -0.4 is 5.73 Å². The van der Waals surface area contributed by atoms with Gasteiger partial charge in [-0.1, -0.05) is 42.1 Å². The van der Waals surface area contributed by atoms with Crippen molar-refractivity contribution in [3.8, 4) is 0 Å². The van der Waals surface area contributed by atoms with Crippen LogP contribution in [0, 0.1) is 5.92 Å². The van der Waals surface area contributed by atoms with Gasteiger partial charge in [-0.2, -0.15) is 0 Å². The third kappa shape index (κ3) is 3.05. The number of halogens is 2. The van der Waals surface area contributed by atoms with Gasteiger partial charge in [0.25, 0.3) is 0 Å². The molecule has 2 unspecified atom stereocenters. The van der Waals surface area contributed by atoms with E-state index >= 15 is 0 Å². The molecular weight excluding hydrogens is 269 g/mol. The van der Waals surface area contributed by atoms with Crippen LogP contribution in [-0.2, 0) is 11.2 Å². The first-order chi connectivity index (χ1) is 8.59. The van der Waals surface area contributed by atoms with Crippen LogP contribution in [0.4, 0.5) is 0 Å². The van der Waals surface area contributed by atoms with Crippen molar-refractivity contribution in [3.63, 3.8) is 0 Å². The fourth-order valence-electron chi connectivity index (χ4n) is 2.57. The largest absolute Gasteiger partial charge is 0.327 e. The topological polar surface area (TPSA) is 43.1 Å². The van der Waals surface area contributed by atoms with Crippen LogP contribution >= 0.6 is 23.2 Å². The summed E-state index contributed by atoms with van der Waals surface area (Å²) in [5, 5.41) is 1.11. The highest BCUT2D eigenvalue weighted by molar-refractivity contribution is 6.36. The Balaban J connectivity index is 2.11. The van der Waals surface area contributed by atoms with Crippen LogP contribution in [0.5, 0.6) is 0 Å².